The summed E-state index contributed by atoms with van der Waals surface area (Å²) in [7, 11) is 1.23. The average molecular weight is 189 g/mol. The number of carboxylic acids is 1. The molecule has 1 N–H and O–H groups in total. The van der Waals surface area contributed by atoms with Gasteiger partial charge in [-0.3, -0.25) is 9.69 Å². The zero-order valence-corrected chi connectivity index (χ0v) is 8.11. The van der Waals surface area contributed by atoms with Crippen molar-refractivity contribution in [3.8, 4) is 0 Å². The van der Waals surface area contributed by atoms with Crippen LogP contribution in [0.2, 0.25) is 0 Å². The second kappa shape index (κ2) is 5.40. The van der Waals surface area contributed by atoms with Gasteiger partial charge in [0.15, 0.2) is 0 Å². The van der Waals surface area contributed by atoms with Crippen LogP contribution in [0.4, 0.5) is 4.79 Å². The molecule has 0 aliphatic rings. The maximum atomic E-state index is 11.0. The minimum atomic E-state index is -1.04. The van der Waals surface area contributed by atoms with Crippen molar-refractivity contribution in [2.45, 2.75) is 13.8 Å². The lowest BCUT2D eigenvalue weighted by Crippen LogP contribution is -2.38. The molecule has 0 radical (unpaired) electrons. The van der Waals surface area contributed by atoms with Crippen molar-refractivity contribution in [3.05, 3.63) is 0 Å². The fraction of sp³-hybridized carbons (Fsp3) is 0.750. The van der Waals surface area contributed by atoms with E-state index >= 15 is 0 Å². The second-order valence-electron chi connectivity index (χ2n) is 3.14. The van der Waals surface area contributed by atoms with Gasteiger partial charge in [0.1, 0.15) is 6.54 Å². The Morgan fingerprint density at radius 1 is 1.46 bits per heavy atom. The molecule has 0 saturated carbocycles. The molecule has 5 nitrogen and oxygen atoms in total. The number of carbonyl (C=O) groups excluding carboxylic acids is 1. The predicted molar refractivity (Wildman–Crippen MR) is 46.5 cm³/mol. The first-order chi connectivity index (χ1) is 5.97. The Bertz CT molecular complexity index is 191. The zero-order valence-electron chi connectivity index (χ0n) is 8.11. The highest BCUT2D eigenvalue weighted by Gasteiger charge is 2.17. The van der Waals surface area contributed by atoms with Gasteiger partial charge in [-0.15, -0.1) is 0 Å². The molecule has 0 aliphatic carbocycles. The van der Waals surface area contributed by atoms with Crippen LogP contribution in [-0.2, 0) is 9.53 Å². The monoisotopic (exact) mass is 189 g/mol. The van der Waals surface area contributed by atoms with Crippen molar-refractivity contribution in [1.82, 2.24) is 4.90 Å². The lowest BCUT2D eigenvalue weighted by Gasteiger charge is -2.20. The van der Waals surface area contributed by atoms with Crippen LogP contribution in [0, 0.1) is 5.92 Å². The maximum Gasteiger partial charge on any atom is 0.410 e. The molecular weight excluding hydrogens is 174 g/mol. The van der Waals surface area contributed by atoms with Crippen LogP contribution in [0.15, 0.2) is 0 Å². The second-order valence-corrected chi connectivity index (χ2v) is 3.14. The fourth-order valence-electron chi connectivity index (χ4n) is 0.937. The van der Waals surface area contributed by atoms with Gasteiger partial charge in [0.2, 0.25) is 0 Å². The van der Waals surface area contributed by atoms with Crippen LogP contribution >= 0.6 is 0 Å². The third-order valence-electron chi connectivity index (χ3n) is 1.34. The Labute approximate surface area is 77.3 Å². The van der Waals surface area contributed by atoms with E-state index in [1.807, 2.05) is 13.8 Å². The van der Waals surface area contributed by atoms with Gasteiger partial charge in [-0.05, 0) is 5.92 Å². The Morgan fingerprint density at radius 3 is 2.31 bits per heavy atom. The van der Waals surface area contributed by atoms with Gasteiger partial charge in [0, 0.05) is 6.54 Å². The van der Waals surface area contributed by atoms with Gasteiger partial charge in [0.25, 0.3) is 0 Å². The molecule has 0 atom stereocenters. The van der Waals surface area contributed by atoms with Gasteiger partial charge < -0.3 is 9.84 Å². The number of hydrogen-bond acceptors (Lipinski definition) is 3. The third-order valence-corrected chi connectivity index (χ3v) is 1.34. The summed E-state index contributed by atoms with van der Waals surface area (Å²) in [5.41, 5.74) is 0. The van der Waals surface area contributed by atoms with Crippen molar-refractivity contribution in [3.63, 3.8) is 0 Å². The van der Waals surface area contributed by atoms with Crippen molar-refractivity contribution < 1.29 is 19.4 Å². The lowest BCUT2D eigenvalue weighted by atomic mass is 10.2. The van der Waals surface area contributed by atoms with Crippen LogP contribution in [0.3, 0.4) is 0 Å². The van der Waals surface area contributed by atoms with E-state index in [1.54, 1.807) is 0 Å². The minimum Gasteiger partial charge on any atom is -0.480 e. The van der Waals surface area contributed by atoms with Gasteiger partial charge in [-0.1, -0.05) is 13.8 Å². The van der Waals surface area contributed by atoms with Crippen LogP contribution < -0.4 is 0 Å². The summed E-state index contributed by atoms with van der Waals surface area (Å²) in [5.74, 6) is -0.815. The third kappa shape index (κ3) is 5.05. The molecule has 0 rings (SSSR count). The molecule has 0 heterocycles. The Balaban J connectivity index is 4.18. The highest BCUT2D eigenvalue weighted by molar-refractivity contribution is 5.76. The molecular formula is C8H15NO4. The first-order valence-electron chi connectivity index (χ1n) is 4.02. The van der Waals surface area contributed by atoms with Gasteiger partial charge >= 0.3 is 12.1 Å². The molecule has 0 fully saturated rings. The Hall–Kier alpha value is -1.26. The summed E-state index contributed by atoms with van der Waals surface area (Å²) in [6.07, 6.45) is -0.601. The first-order valence-corrected chi connectivity index (χ1v) is 4.02. The van der Waals surface area contributed by atoms with E-state index in [4.69, 9.17) is 5.11 Å². The molecule has 0 aromatic carbocycles. The normalized spacial score (nSPS) is 9.85. The van der Waals surface area contributed by atoms with Gasteiger partial charge in [-0.2, -0.15) is 0 Å². The van der Waals surface area contributed by atoms with Crippen molar-refractivity contribution >= 4 is 12.1 Å². The smallest absolute Gasteiger partial charge is 0.410 e. The number of methoxy groups -OCH3 is 1. The topological polar surface area (TPSA) is 66.8 Å². The Kier molecular flexibility index (Phi) is 4.87. The molecule has 76 valence electrons. The molecule has 5 heteroatoms. The number of carbonyl (C=O) groups is 2. The molecule has 1 amide bonds. The van der Waals surface area contributed by atoms with Crippen LogP contribution in [0.1, 0.15) is 13.8 Å². The molecule has 0 aromatic heterocycles. The SMILES string of the molecule is COC(=O)N(CC(=O)O)CC(C)C. The largest absolute Gasteiger partial charge is 0.480 e. The van der Waals surface area contributed by atoms with Crippen molar-refractivity contribution in [2.75, 3.05) is 20.2 Å². The van der Waals surface area contributed by atoms with E-state index in [0.717, 1.165) is 4.90 Å². The quantitative estimate of drug-likeness (QED) is 0.710. The summed E-state index contributed by atoms with van der Waals surface area (Å²) in [4.78, 5) is 22.5. The van der Waals surface area contributed by atoms with Crippen molar-refractivity contribution in [2.24, 2.45) is 5.92 Å². The van der Waals surface area contributed by atoms with Crippen LogP contribution in [-0.4, -0.2) is 42.3 Å². The zero-order chi connectivity index (χ0) is 10.4. The summed E-state index contributed by atoms with van der Waals surface area (Å²) in [6.45, 7) is 3.87. The van der Waals surface area contributed by atoms with Crippen molar-refractivity contribution in [1.29, 1.82) is 0 Å². The highest BCUT2D eigenvalue weighted by Crippen LogP contribution is 2.00. The summed E-state index contributed by atoms with van der Waals surface area (Å²) < 4.78 is 4.44. The van der Waals surface area contributed by atoms with E-state index in [0.29, 0.717) is 6.54 Å². The average Bonchev–Trinajstić information content (AvgIpc) is 2.00. The van der Waals surface area contributed by atoms with E-state index < -0.39 is 12.1 Å². The number of hydrogen-bond donors (Lipinski definition) is 1. The molecule has 0 spiro atoms. The standard InChI is InChI=1S/C8H15NO4/c1-6(2)4-9(5-7(10)11)8(12)13-3/h6H,4-5H2,1-3H3,(H,10,11). The summed E-state index contributed by atoms with van der Waals surface area (Å²) in [6, 6.07) is 0. The number of carboxylic acid groups (broad SMARTS) is 1. The van der Waals surface area contributed by atoms with Gasteiger partial charge in [0.05, 0.1) is 7.11 Å². The number of amides is 1. The predicted octanol–water partition coefficient (Wildman–Crippen LogP) is 0.795. The summed E-state index contributed by atoms with van der Waals surface area (Å²) in [5, 5.41) is 8.49. The number of aliphatic carboxylic acids is 1. The molecule has 0 saturated heterocycles. The van der Waals surface area contributed by atoms with Gasteiger partial charge in [-0.25, -0.2) is 4.79 Å². The molecule has 0 aliphatic heterocycles. The minimum absolute atomic E-state index is 0.221. The lowest BCUT2D eigenvalue weighted by molar-refractivity contribution is -0.138. The summed E-state index contributed by atoms with van der Waals surface area (Å²) >= 11 is 0. The number of nitrogens with zero attached hydrogens (tertiary/aromatic N) is 1. The maximum absolute atomic E-state index is 11.0. The van der Waals surface area contributed by atoms with Crippen LogP contribution in [0.5, 0.6) is 0 Å². The fourth-order valence-corrected chi connectivity index (χ4v) is 0.937. The Morgan fingerprint density at radius 2 is 2.00 bits per heavy atom. The van der Waals surface area contributed by atoms with E-state index in [9.17, 15) is 9.59 Å². The molecule has 0 unspecified atom stereocenters. The van der Waals surface area contributed by atoms with E-state index in [1.165, 1.54) is 7.11 Å². The molecule has 0 aromatic rings. The van der Waals surface area contributed by atoms with E-state index in [2.05, 4.69) is 4.74 Å². The molecule has 0 bridgehead atoms. The first kappa shape index (κ1) is 11.7. The molecule has 13 heavy (non-hydrogen) atoms. The van der Waals surface area contributed by atoms with E-state index in [-0.39, 0.29) is 12.5 Å². The van der Waals surface area contributed by atoms with Crippen LogP contribution in [0.25, 0.3) is 0 Å². The number of ether oxygens (including phenoxy) is 1. The highest BCUT2D eigenvalue weighted by atomic mass is 16.5. The number of rotatable bonds is 4.